The lowest BCUT2D eigenvalue weighted by molar-refractivity contribution is 0.143. The molecule has 0 saturated heterocycles. The predicted octanol–water partition coefficient (Wildman–Crippen LogP) is 2.53. The molecule has 0 radical (unpaired) electrons. The smallest absolute Gasteiger partial charge is 0.317 e. The van der Waals surface area contributed by atoms with Gasteiger partial charge in [-0.15, -0.1) is 0 Å². The van der Waals surface area contributed by atoms with Crippen LogP contribution in [0, 0.1) is 0 Å². The van der Waals surface area contributed by atoms with Crippen LogP contribution in [0.1, 0.15) is 38.2 Å². The minimum absolute atomic E-state index is 0.0180. The van der Waals surface area contributed by atoms with Gasteiger partial charge in [-0.1, -0.05) is 25.0 Å². The average molecular weight is 320 g/mol. The third kappa shape index (κ3) is 4.38. The van der Waals surface area contributed by atoms with Gasteiger partial charge in [0.1, 0.15) is 5.75 Å². The largest absolute Gasteiger partial charge is 0.497 e. The second kappa shape index (κ2) is 7.68. The Kier molecular flexibility index (Phi) is 5.88. The highest BCUT2D eigenvalue weighted by Crippen LogP contribution is 2.41. The van der Waals surface area contributed by atoms with Crippen LogP contribution >= 0.6 is 0 Å². The number of nitrogens with zero attached hydrogens (tertiary/aromatic N) is 1. The second-order valence-electron chi connectivity index (χ2n) is 6.61. The zero-order chi connectivity index (χ0) is 16.9. The first-order valence-corrected chi connectivity index (χ1v) is 8.28. The standard InChI is InChI=1S/C18H28N2O3/c1-14(21)12-20(2)17(22)19-13-18(9-4-5-10-18)15-7-6-8-16(11-15)23-3/h6-8,11,14,21H,4-5,9-10,12-13H2,1-3H3,(H,19,22). The van der Waals surface area contributed by atoms with E-state index >= 15 is 0 Å². The van der Waals surface area contributed by atoms with Gasteiger partial charge in [-0.25, -0.2) is 4.79 Å². The summed E-state index contributed by atoms with van der Waals surface area (Å²) < 4.78 is 5.34. The fraction of sp³-hybridized carbons (Fsp3) is 0.611. The first-order valence-electron chi connectivity index (χ1n) is 8.28. The Morgan fingerprint density at radius 3 is 2.74 bits per heavy atom. The summed E-state index contributed by atoms with van der Waals surface area (Å²) in [4.78, 5) is 13.7. The van der Waals surface area contributed by atoms with Crippen LogP contribution in [-0.2, 0) is 5.41 Å². The molecule has 1 aliphatic carbocycles. The lowest BCUT2D eigenvalue weighted by Gasteiger charge is -2.31. The molecule has 1 unspecified atom stereocenters. The van der Waals surface area contributed by atoms with Crippen molar-refractivity contribution in [3.8, 4) is 5.75 Å². The van der Waals surface area contributed by atoms with Gasteiger partial charge in [0.25, 0.3) is 0 Å². The number of ether oxygens (including phenoxy) is 1. The van der Waals surface area contributed by atoms with Gasteiger partial charge in [0, 0.05) is 25.6 Å². The van der Waals surface area contributed by atoms with E-state index in [0.717, 1.165) is 18.6 Å². The van der Waals surface area contributed by atoms with Crippen LogP contribution in [0.2, 0.25) is 0 Å². The van der Waals surface area contributed by atoms with Crippen molar-refractivity contribution in [1.29, 1.82) is 0 Å². The maximum Gasteiger partial charge on any atom is 0.317 e. The number of hydrogen-bond acceptors (Lipinski definition) is 3. The van der Waals surface area contributed by atoms with Gasteiger partial charge in [-0.3, -0.25) is 0 Å². The van der Waals surface area contributed by atoms with Gasteiger partial charge in [-0.2, -0.15) is 0 Å². The first-order chi connectivity index (χ1) is 11.0. The summed E-state index contributed by atoms with van der Waals surface area (Å²) in [5.41, 5.74) is 1.21. The predicted molar refractivity (Wildman–Crippen MR) is 90.8 cm³/mol. The van der Waals surface area contributed by atoms with Crippen molar-refractivity contribution in [3.63, 3.8) is 0 Å². The molecule has 0 heterocycles. The molecule has 2 rings (SSSR count). The van der Waals surface area contributed by atoms with Crippen LogP contribution in [0.3, 0.4) is 0 Å². The molecule has 1 saturated carbocycles. The molecule has 1 aliphatic rings. The van der Waals surface area contributed by atoms with E-state index < -0.39 is 6.10 Å². The molecule has 0 bridgehead atoms. The monoisotopic (exact) mass is 320 g/mol. The van der Waals surface area contributed by atoms with Gasteiger partial charge in [0.15, 0.2) is 0 Å². The number of carbonyl (C=O) groups is 1. The van der Waals surface area contributed by atoms with E-state index in [1.165, 1.54) is 23.3 Å². The maximum absolute atomic E-state index is 12.2. The van der Waals surface area contributed by atoms with Gasteiger partial charge < -0.3 is 20.1 Å². The molecule has 2 amide bonds. The summed E-state index contributed by atoms with van der Waals surface area (Å²) in [6.45, 7) is 2.62. The molecule has 1 aromatic carbocycles. The molecule has 2 N–H and O–H groups in total. The van der Waals surface area contributed by atoms with E-state index in [4.69, 9.17) is 4.74 Å². The Labute approximate surface area is 138 Å². The topological polar surface area (TPSA) is 61.8 Å². The highest BCUT2D eigenvalue weighted by molar-refractivity contribution is 5.74. The number of likely N-dealkylation sites (N-methyl/N-ethyl adjacent to an activating group) is 1. The Morgan fingerprint density at radius 1 is 1.43 bits per heavy atom. The van der Waals surface area contributed by atoms with E-state index in [1.807, 2.05) is 12.1 Å². The molecule has 0 spiro atoms. The number of urea groups is 1. The average Bonchev–Trinajstić information content (AvgIpc) is 3.02. The molecular weight excluding hydrogens is 292 g/mol. The summed E-state index contributed by atoms with van der Waals surface area (Å²) >= 11 is 0. The van der Waals surface area contributed by atoms with Crippen LogP contribution in [0.5, 0.6) is 5.75 Å². The minimum Gasteiger partial charge on any atom is -0.497 e. The Bertz CT molecular complexity index is 525. The summed E-state index contributed by atoms with van der Waals surface area (Å²) in [7, 11) is 3.38. The van der Waals surface area contributed by atoms with Crippen molar-refractivity contribution in [2.45, 2.75) is 44.1 Å². The van der Waals surface area contributed by atoms with Gasteiger partial charge in [0.2, 0.25) is 0 Å². The van der Waals surface area contributed by atoms with Crippen molar-refractivity contribution in [2.75, 3.05) is 27.2 Å². The number of methoxy groups -OCH3 is 1. The third-order valence-corrected chi connectivity index (χ3v) is 4.71. The van der Waals surface area contributed by atoms with Crippen LogP contribution in [0.4, 0.5) is 4.79 Å². The summed E-state index contributed by atoms with van der Waals surface area (Å²) in [6, 6.07) is 8.02. The molecule has 23 heavy (non-hydrogen) atoms. The van der Waals surface area contributed by atoms with Gasteiger partial charge >= 0.3 is 6.03 Å². The maximum atomic E-state index is 12.2. The van der Waals surface area contributed by atoms with E-state index in [0.29, 0.717) is 13.1 Å². The Morgan fingerprint density at radius 2 is 2.13 bits per heavy atom. The molecular formula is C18H28N2O3. The van der Waals surface area contributed by atoms with Crippen LogP contribution in [0.25, 0.3) is 0 Å². The number of hydrogen-bond donors (Lipinski definition) is 2. The normalized spacial score (nSPS) is 17.6. The van der Waals surface area contributed by atoms with E-state index in [9.17, 15) is 9.90 Å². The highest BCUT2D eigenvalue weighted by Gasteiger charge is 2.36. The molecule has 5 heteroatoms. The number of nitrogens with one attached hydrogen (secondary N) is 1. The fourth-order valence-corrected chi connectivity index (χ4v) is 3.43. The number of rotatable bonds is 6. The zero-order valence-corrected chi connectivity index (χ0v) is 14.3. The van der Waals surface area contributed by atoms with Crippen molar-refractivity contribution in [2.24, 2.45) is 0 Å². The Balaban J connectivity index is 2.07. The molecule has 5 nitrogen and oxygen atoms in total. The van der Waals surface area contributed by atoms with Crippen LogP contribution < -0.4 is 10.1 Å². The van der Waals surface area contributed by atoms with E-state index in [1.54, 1.807) is 21.1 Å². The highest BCUT2D eigenvalue weighted by atomic mass is 16.5. The molecule has 0 aromatic heterocycles. The molecule has 1 aromatic rings. The van der Waals surface area contributed by atoms with Crippen LogP contribution in [0.15, 0.2) is 24.3 Å². The molecule has 1 fully saturated rings. The van der Waals surface area contributed by atoms with Crippen molar-refractivity contribution >= 4 is 6.03 Å². The van der Waals surface area contributed by atoms with Crippen LogP contribution in [-0.4, -0.2) is 49.4 Å². The number of benzene rings is 1. The third-order valence-electron chi connectivity index (χ3n) is 4.71. The summed E-state index contributed by atoms with van der Waals surface area (Å²) in [6.07, 6.45) is 3.97. The first kappa shape index (κ1) is 17.6. The van der Waals surface area contributed by atoms with Crippen molar-refractivity contribution in [1.82, 2.24) is 10.2 Å². The number of aliphatic hydroxyl groups excluding tert-OH is 1. The number of amides is 2. The SMILES string of the molecule is COc1cccc(C2(CNC(=O)N(C)CC(C)O)CCCC2)c1. The summed E-state index contributed by atoms with van der Waals surface area (Å²) in [5.74, 6) is 0.853. The quantitative estimate of drug-likeness (QED) is 0.847. The Hall–Kier alpha value is -1.75. The van der Waals surface area contributed by atoms with Crippen molar-refractivity contribution in [3.05, 3.63) is 29.8 Å². The lowest BCUT2D eigenvalue weighted by Crippen LogP contribution is -2.46. The van der Waals surface area contributed by atoms with Gasteiger partial charge in [0.05, 0.1) is 13.2 Å². The summed E-state index contributed by atoms with van der Waals surface area (Å²) in [5, 5.41) is 12.4. The van der Waals surface area contributed by atoms with Crippen molar-refractivity contribution < 1.29 is 14.6 Å². The lowest BCUT2D eigenvalue weighted by atomic mass is 9.78. The minimum atomic E-state index is -0.524. The number of aliphatic hydroxyl groups is 1. The zero-order valence-electron chi connectivity index (χ0n) is 14.3. The second-order valence-corrected chi connectivity index (χ2v) is 6.61. The molecule has 0 aliphatic heterocycles. The van der Waals surface area contributed by atoms with E-state index in [2.05, 4.69) is 17.4 Å². The molecule has 1 atom stereocenters. The van der Waals surface area contributed by atoms with Gasteiger partial charge in [-0.05, 0) is 37.5 Å². The fourth-order valence-electron chi connectivity index (χ4n) is 3.43. The number of carbonyl (C=O) groups excluding carboxylic acids is 1. The molecule has 128 valence electrons. The van der Waals surface area contributed by atoms with E-state index in [-0.39, 0.29) is 11.4 Å².